The minimum Gasteiger partial charge on any atom is -0.387 e. The van der Waals surface area contributed by atoms with Crippen molar-refractivity contribution in [3.05, 3.63) is 53.3 Å². The van der Waals surface area contributed by atoms with Crippen molar-refractivity contribution in [3.63, 3.8) is 0 Å². The van der Waals surface area contributed by atoms with Crippen molar-refractivity contribution in [1.29, 1.82) is 0 Å². The molecule has 0 saturated carbocycles. The summed E-state index contributed by atoms with van der Waals surface area (Å²) in [5, 5.41) is 3.10. The molecule has 0 spiro atoms. The molecule has 0 radical (unpaired) electrons. The number of carbonyl (C=O) groups excluding carboxylic acids is 1. The highest BCUT2D eigenvalue weighted by Gasteiger charge is 2.29. The lowest BCUT2D eigenvalue weighted by Gasteiger charge is -2.35. The number of rotatable bonds is 2. The minimum atomic E-state index is 0.0950. The molecular weight excluding hydrogens is 262 g/mol. The first-order valence-corrected chi connectivity index (χ1v) is 7.37. The highest BCUT2D eigenvalue weighted by atomic mass is 16.2. The van der Waals surface area contributed by atoms with Gasteiger partial charge in [0.15, 0.2) is 0 Å². The van der Waals surface area contributed by atoms with Crippen molar-refractivity contribution in [2.45, 2.75) is 26.4 Å². The number of aryl methyl sites for hydroxylation is 1. The first-order chi connectivity index (χ1) is 10.1. The topological polar surface area (TPSA) is 37.3 Å². The van der Waals surface area contributed by atoms with Gasteiger partial charge >= 0.3 is 0 Å². The number of hydrogen-bond donors (Lipinski definition) is 1. The van der Waals surface area contributed by atoms with E-state index in [0.717, 1.165) is 24.3 Å². The number of para-hydroxylation sites is 1. The van der Waals surface area contributed by atoms with Gasteiger partial charge in [0.1, 0.15) is 0 Å². The van der Waals surface area contributed by atoms with E-state index in [0.29, 0.717) is 0 Å². The van der Waals surface area contributed by atoms with E-state index in [2.05, 4.69) is 35.9 Å². The predicted octanol–water partition coefficient (Wildman–Crippen LogP) is 3.06. The summed E-state index contributed by atoms with van der Waals surface area (Å²) in [6, 6.07) is 12.0. The van der Waals surface area contributed by atoms with Crippen molar-refractivity contribution in [2.24, 2.45) is 0 Å². The number of nitrogens with zero attached hydrogens (tertiary/aromatic N) is 2. The molecule has 0 fully saturated rings. The van der Waals surface area contributed by atoms with Crippen molar-refractivity contribution in [2.75, 3.05) is 18.9 Å². The molecule has 4 nitrogen and oxygen atoms in total. The molecular formula is C17H21N3O. The van der Waals surface area contributed by atoms with Crippen LogP contribution in [0.4, 0.5) is 5.69 Å². The second kappa shape index (κ2) is 5.28. The fourth-order valence-electron chi connectivity index (χ4n) is 3.14. The SMILES string of the molecule is CNc1ccccc1C(=O)N1CCn2c(C)ccc2C1C. The molecule has 1 aromatic heterocycles. The van der Waals surface area contributed by atoms with Crippen LogP contribution >= 0.6 is 0 Å². The van der Waals surface area contributed by atoms with Crippen molar-refractivity contribution < 1.29 is 4.79 Å². The number of anilines is 1. The zero-order chi connectivity index (χ0) is 15.0. The number of hydrogen-bond acceptors (Lipinski definition) is 2. The third kappa shape index (κ3) is 2.20. The normalized spacial score (nSPS) is 17.5. The Morgan fingerprint density at radius 1 is 1.19 bits per heavy atom. The second-order valence-corrected chi connectivity index (χ2v) is 5.52. The summed E-state index contributed by atoms with van der Waals surface area (Å²) in [7, 11) is 1.85. The zero-order valence-electron chi connectivity index (χ0n) is 12.8. The Bertz CT molecular complexity index is 674. The highest BCUT2D eigenvalue weighted by molar-refractivity contribution is 5.99. The summed E-state index contributed by atoms with van der Waals surface area (Å²) in [6.07, 6.45) is 0. The van der Waals surface area contributed by atoms with Gasteiger partial charge in [-0.1, -0.05) is 12.1 Å². The number of amides is 1. The Labute approximate surface area is 125 Å². The van der Waals surface area contributed by atoms with Gasteiger partial charge in [-0.05, 0) is 38.1 Å². The highest BCUT2D eigenvalue weighted by Crippen LogP contribution is 2.29. The quantitative estimate of drug-likeness (QED) is 0.919. The van der Waals surface area contributed by atoms with Gasteiger partial charge in [-0.25, -0.2) is 0 Å². The van der Waals surface area contributed by atoms with Gasteiger partial charge in [-0.3, -0.25) is 4.79 Å². The van der Waals surface area contributed by atoms with Gasteiger partial charge in [0, 0.05) is 37.2 Å². The molecule has 1 amide bonds. The smallest absolute Gasteiger partial charge is 0.256 e. The third-order valence-electron chi connectivity index (χ3n) is 4.38. The summed E-state index contributed by atoms with van der Waals surface area (Å²) in [4.78, 5) is 14.8. The van der Waals surface area contributed by atoms with Crippen LogP contribution < -0.4 is 5.32 Å². The third-order valence-corrected chi connectivity index (χ3v) is 4.38. The average Bonchev–Trinajstić information content (AvgIpc) is 2.89. The van der Waals surface area contributed by atoms with Crippen LogP contribution in [-0.4, -0.2) is 29.0 Å². The van der Waals surface area contributed by atoms with Gasteiger partial charge < -0.3 is 14.8 Å². The van der Waals surface area contributed by atoms with E-state index in [-0.39, 0.29) is 11.9 Å². The molecule has 1 N–H and O–H groups in total. The Hall–Kier alpha value is -2.23. The Balaban J connectivity index is 1.93. The van der Waals surface area contributed by atoms with Crippen LogP contribution in [0.1, 0.15) is 34.7 Å². The predicted molar refractivity (Wildman–Crippen MR) is 84.6 cm³/mol. The summed E-state index contributed by atoms with van der Waals surface area (Å²) in [5.41, 5.74) is 4.10. The lowest BCUT2D eigenvalue weighted by molar-refractivity contribution is 0.0644. The maximum absolute atomic E-state index is 12.9. The fourth-order valence-corrected chi connectivity index (χ4v) is 3.14. The summed E-state index contributed by atoms with van der Waals surface area (Å²) < 4.78 is 2.30. The molecule has 3 rings (SSSR count). The van der Waals surface area contributed by atoms with Crippen LogP contribution in [0.3, 0.4) is 0 Å². The Morgan fingerprint density at radius 2 is 1.95 bits per heavy atom. The monoisotopic (exact) mass is 283 g/mol. The van der Waals surface area contributed by atoms with Crippen LogP contribution in [0.15, 0.2) is 36.4 Å². The molecule has 110 valence electrons. The molecule has 1 aromatic carbocycles. The molecule has 21 heavy (non-hydrogen) atoms. The largest absolute Gasteiger partial charge is 0.387 e. The lowest BCUT2D eigenvalue weighted by Crippen LogP contribution is -2.41. The van der Waals surface area contributed by atoms with Crippen LogP contribution in [-0.2, 0) is 6.54 Å². The molecule has 2 heterocycles. The number of aromatic nitrogens is 1. The van der Waals surface area contributed by atoms with Crippen molar-refractivity contribution in [1.82, 2.24) is 9.47 Å². The molecule has 0 bridgehead atoms. The van der Waals surface area contributed by atoms with Crippen LogP contribution in [0, 0.1) is 6.92 Å². The van der Waals surface area contributed by atoms with Gasteiger partial charge in [0.25, 0.3) is 5.91 Å². The maximum atomic E-state index is 12.9. The zero-order valence-corrected chi connectivity index (χ0v) is 12.8. The van der Waals surface area contributed by atoms with Crippen LogP contribution in [0.2, 0.25) is 0 Å². The molecule has 1 aliphatic rings. The molecule has 4 heteroatoms. The first kappa shape index (κ1) is 13.7. The Kier molecular flexibility index (Phi) is 3.45. The molecule has 0 saturated heterocycles. The van der Waals surface area contributed by atoms with Gasteiger partial charge in [-0.2, -0.15) is 0 Å². The number of fused-ring (bicyclic) bond motifs is 1. The standard InChI is InChI=1S/C17H21N3O/c1-12-8-9-16-13(2)20(11-10-19(12)16)17(21)14-6-4-5-7-15(14)18-3/h4-9,13,18H,10-11H2,1-3H3. The average molecular weight is 283 g/mol. The van der Waals surface area contributed by atoms with E-state index >= 15 is 0 Å². The molecule has 1 unspecified atom stereocenters. The number of nitrogens with one attached hydrogen (secondary N) is 1. The van der Waals surface area contributed by atoms with E-state index in [4.69, 9.17) is 0 Å². The van der Waals surface area contributed by atoms with Crippen LogP contribution in [0.5, 0.6) is 0 Å². The van der Waals surface area contributed by atoms with Crippen molar-refractivity contribution in [3.8, 4) is 0 Å². The second-order valence-electron chi connectivity index (χ2n) is 5.52. The van der Waals surface area contributed by atoms with E-state index < -0.39 is 0 Å². The van der Waals surface area contributed by atoms with E-state index in [9.17, 15) is 4.79 Å². The number of carbonyl (C=O) groups is 1. The van der Waals surface area contributed by atoms with E-state index in [1.165, 1.54) is 11.4 Å². The molecule has 1 atom stereocenters. The van der Waals surface area contributed by atoms with Crippen LogP contribution in [0.25, 0.3) is 0 Å². The van der Waals surface area contributed by atoms with Gasteiger partial charge in [0.05, 0.1) is 11.6 Å². The lowest BCUT2D eigenvalue weighted by atomic mass is 10.1. The van der Waals surface area contributed by atoms with Crippen molar-refractivity contribution >= 4 is 11.6 Å². The molecule has 1 aliphatic heterocycles. The fraction of sp³-hybridized carbons (Fsp3) is 0.353. The van der Waals surface area contributed by atoms with Gasteiger partial charge in [-0.15, -0.1) is 0 Å². The number of benzene rings is 1. The molecule has 2 aromatic rings. The summed E-state index contributed by atoms with van der Waals surface area (Å²) in [5.74, 6) is 0.0950. The molecule has 0 aliphatic carbocycles. The Morgan fingerprint density at radius 3 is 2.71 bits per heavy atom. The van der Waals surface area contributed by atoms with E-state index in [1.54, 1.807) is 0 Å². The maximum Gasteiger partial charge on any atom is 0.256 e. The van der Waals surface area contributed by atoms with Gasteiger partial charge in [0.2, 0.25) is 0 Å². The minimum absolute atomic E-state index is 0.0950. The van der Waals surface area contributed by atoms with E-state index in [1.807, 2.05) is 36.2 Å². The first-order valence-electron chi connectivity index (χ1n) is 7.37. The summed E-state index contributed by atoms with van der Waals surface area (Å²) >= 11 is 0. The summed E-state index contributed by atoms with van der Waals surface area (Å²) in [6.45, 7) is 5.83.